The number of thiazole rings is 1. The molecule has 1 aromatic rings. The number of aromatic nitrogens is 1. The highest BCUT2D eigenvalue weighted by atomic mass is 32.1. The Kier molecular flexibility index (Phi) is 3.45. The molecule has 2 unspecified atom stereocenters. The standard InChI is InChI=1S/C13H20N2OS/c1-9(14-8-10-4-3-7-16-10)13-15-11-5-2-6-12(11)17-13/h9-10,14H,2-8H2,1H3. The van der Waals surface area contributed by atoms with Gasteiger partial charge in [-0.2, -0.15) is 0 Å². The minimum atomic E-state index is 0.370. The van der Waals surface area contributed by atoms with E-state index >= 15 is 0 Å². The van der Waals surface area contributed by atoms with Crippen LogP contribution in [0.1, 0.15) is 47.8 Å². The van der Waals surface area contributed by atoms with Crippen LogP contribution < -0.4 is 5.32 Å². The molecule has 0 amide bonds. The van der Waals surface area contributed by atoms with Gasteiger partial charge >= 0.3 is 0 Å². The second-order valence-corrected chi connectivity index (χ2v) is 6.16. The summed E-state index contributed by atoms with van der Waals surface area (Å²) < 4.78 is 5.62. The molecule has 3 rings (SSSR count). The van der Waals surface area contributed by atoms with Gasteiger partial charge in [-0.15, -0.1) is 11.3 Å². The van der Waals surface area contributed by atoms with Crippen molar-refractivity contribution in [2.75, 3.05) is 13.2 Å². The van der Waals surface area contributed by atoms with Crippen molar-refractivity contribution < 1.29 is 4.74 Å². The average molecular weight is 252 g/mol. The third-order valence-corrected chi connectivity index (χ3v) is 5.00. The Morgan fingerprint density at radius 2 is 2.41 bits per heavy atom. The van der Waals surface area contributed by atoms with Gasteiger partial charge in [-0.1, -0.05) is 0 Å². The summed E-state index contributed by atoms with van der Waals surface area (Å²) in [5.74, 6) is 0. The topological polar surface area (TPSA) is 34.1 Å². The molecule has 1 saturated heterocycles. The highest BCUT2D eigenvalue weighted by Crippen LogP contribution is 2.30. The molecule has 0 saturated carbocycles. The van der Waals surface area contributed by atoms with Gasteiger partial charge in [0.1, 0.15) is 5.01 Å². The fraction of sp³-hybridized carbons (Fsp3) is 0.769. The molecule has 17 heavy (non-hydrogen) atoms. The average Bonchev–Trinajstić information content (AvgIpc) is 3.01. The quantitative estimate of drug-likeness (QED) is 0.894. The lowest BCUT2D eigenvalue weighted by molar-refractivity contribution is 0.108. The van der Waals surface area contributed by atoms with Gasteiger partial charge in [0.2, 0.25) is 0 Å². The van der Waals surface area contributed by atoms with E-state index in [2.05, 4.69) is 12.2 Å². The molecule has 1 aliphatic carbocycles. The molecule has 4 heteroatoms. The van der Waals surface area contributed by atoms with Crippen LogP contribution in [0.15, 0.2) is 0 Å². The Hall–Kier alpha value is -0.450. The first-order valence-electron chi connectivity index (χ1n) is 6.66. The summed E-state index contributed by atoms with van der Waals surface area (Å²) in [6.07, 6.45) is 6.56. The van der Waals surface area contributed by atoms with E-state index in [1.807, 2.05) is 11.3 Å². The van der Waals surface area contributed by atoms with Crippen LogP contribution in [0.3, 0.4) is 0 Å². The van der Waals surface area contributed by atoms with Crippen LogP contribution in [0, 0.1) is 0 Å². The molecule has 94 valence electrons. The molecule has 1 fully saturated rings. The van der Waals surface area contributed by atoms with Crippen molar-refractivity contribution >= 4 is 11.3 Å². The van der Waals surface area contributed by atoms with Crippen molar-refractivity contribution in [1.29, 1.82) is 0 Å². The van der Waals surface area contributed by atoms with Crippen molar-refractivity contribution in [2.24, 2.45) is 0 Å². The summed E-state index contributed by atoms with van der Waals surface area (Å²) in [5, 5.41) is 4.81. The first-order chi connectivity index (χ1) is 8.33. The lowest BCUT2D eigenvalue weighted by Crippen LogP contribution is -2.28. The minimum absolute atomic E-state index is 0.370. The smallest absolute Gasteiger partial charge is 0.110 e. The van der Waals surface area contributed by atoms with Crippen molar-refractivity contribution in [1.82, 2.24) is 10.3 Å². The van der Waals surface area contributed by atoms with E-state index in [0.29, 0.717) is 12.1 Å². The number of nitrogens with one attached hydrogen (secondary N) is 1. The van der Waals surface area contributed by atoms with E-state index in [1.165, 1.54) is 47.7 Å². The highest BCUT2D eigenvalue weighted by molar-refractivity contribution is 7.11. The number of rotatable bonds is 4. The van der Waals surface area contributed by atoms with E-state index in [0.717, 1.165) is 13.2 Å². The Morgan fingerprint density at radius 3 is 3.18 bits per heavy atom. The van der Waals surface area contributed by atoms with Gasteiger partial charge in [0.25, 0.3) is 0 Å². The first-order valence-corrected chi connectivity index (χ1v) is 7.48. The number of fused-ring (bicyclic) bond motifs is 1. The molecule has 1 aromatic heterocycles. The van der Waals surface area contributed by atoms with E-state index in [-0.39, 0.29) is 0 Å². The number of hydrogen-bond acceptors (Lipinski definition) is 4. The normalized spacial score (nSPS) is 25.1. The Morgan fingerprint density at radius 1 is 1.47 bits per heavy atom. The fourth-order valence-electron chi connectivity index (χ4n) is 2.60. The van der Waals surface area contributed by atoms with Crippen molar-refractivity contribution in [3.05, 3.63) is 15.6 Å². The third-order valence-electron chi connectivity index (χ3n) is 3.66. The zero-order chi connectivity index (χ0) is 11.7. The second kappa shape index (κ2) is 5.04. The van der Waals surface area contributed by atoms with Crippen molar-refractivity contribution in [2.45, 2.75) is 51.2 Å². The minimum Gasteiger partial charge on any atom is -0.377 e. The summed E-state index contributed by atoms with van der Waals surface area (Å²) in [5.41, 5.74) is 1.36. The molecule has 0 spiro atoms. The second-order valence-electron chi connectivity index (χ2n) is 5.04. The maximum Gasteiger partial charge on any atom is 0.110 e. The molecular formula is C13H20N2OS. The van der Waals surface area contributed by atoms with Gasteiger partial charge in [0, 0.05) is 18.0 Å². The van der Waals surface area contributed by atoms with Crippen LogP contribution in [0.25, 0.3) is 0 Å². The Labute approximate surface area is 107 Å². The highest BCUT2D eigenvalue weighted by Gasteiger charge is 2.21. The lowest BCUT2D eigenvalue weighted by Gasteiger charge is -2.15. The summed E-state index contributed by atoms with van der Waals surface area (Å²) in [6, 6.07) is 0.370. The Bertz CT molecular complexity index is 363. The van der Waals surface area contributed by atoms with Crippen LogP contribution >= 0.6 is 11.3 Å². The first kappa shape index (κ1) is 11.6. The van der Waals surface area contributed by atoms with Crippen LogP contribution in [-0.4, -0.2) is 24.2 Å². The van der Waals surface area contributed by atoms with E-state index in [9.17, 15) is 0 Å². The monoisotopic (exact) mass is 252 g/mol. The predicted molar refractivity (Wildman–Crippen MR) is 69.5 cm³/mol. The van der Waals surface area contributed by atoms with Gasteiger partial charge in [-0.3, -0.25) is 0 Å². The van der Waals surface area contributed by atoms with E-state index in [4.69, 9.17) is 9.72 Å². The molecule has 0 bridgehead atoms. The maximum atomic E-state index is 5.62. The number of nitrogens with zero attached hydrogens (tertiary/aromatic N) is 1. The van der Waals surface area contributed by atoms with Crippen LogP contribution in [-0.2, 0) is 17.6 Å². The predicted octanol–water partition coefficient (Wildman–Crippen LogP) is 2.46. The van der Waals surface area contributed by atoms with E-state index in [1.54, 1.807) is 0 Å². The van der Waals surface area contributed by atoms with Gasteiger partial charge in [-0.05, 0) is 39.0 Å². The zero-order valence-corrected chi connectivity index (χ0v) is 11.2. The fourth-order valence-corrected chi connectivity index (χ4v) is 3.78. The lowest BCUT2D eigenvalue weighted by atomic mass is 10.2. The summed E-state index contributed by atoms with van der Waals surface area (Å²) in [7, 11) is 0. The molecule has 1 aliphatic heterocycles. The number of ether oxygens (including phenoxy) is 1. The SMILES string of the molecule is CC(NCC1CCCO1)c1nc2c(s1)CCC2. The third kappa shape index (κ3) is 2.54. The van der Waals surface area contributed by atoms with Gasteiger partial charge in [0.05, 0.1) is 17.8 Å². The molecule has 2 heterocycles. The molecule has 0 radical (unpaired) electrons. The van der Waals surface area contributed by atoms with Gasteiger partial charge < -0.3 is 10.1 Å². The maximum absolute atomic E-state index is 5.62. The van der Waals surface area contributed by atoms with Crippen LogP contribution in [0.2, 0.25) is 0 Å². The zero-order valence-electron chi connectivity index (χ0n) is 10.4. The molecule has 2 aliphatic rings. The van der Waals surface area contributed by atoms with Gasteiger partial charge in [-0.25, -0.2) is 4.98 Å². The Balaban J connectivity index is 1.55. The molecule has 0 aromatic carbocycles. The molecule has 1 N–H and O–H groups in total. The summed E-state index contributed by atoms with van der Waals surface area (Å²) >= 11 is 1.90. The van der Waals surface area contributed by atoms with Crippen molar-refractivity contribution in [3.63, 3.8) is 0 Å². The molecule has 2 atom stereocenters. The van der Waals surface area contributed by atoms with Crippen molar-refractivity contribution in [3.8, 4) is 0 Å². The summed E-state index contributed by atoms with van der Waals surface area (Å²) in [4.78, 5) is 6.27. The van der Waals surface area contributed by atoms with E-state index < -0.39 is 0 Å². The molecular weight excluding hydrogens is 232 g/mol. The summed E-state index contributed by atoms with van der Waals surface area (Å²) in [6.45, 7) is 4.11. The van der Waals surface area contributed by atoms with Gasteiger partial charge in [0.15, 0.2) is 0 Å². The molecule has 3 nitrogen and oxygen atoms in total. The van der Waals surface area contributed by atoms with Crippen LogP contribution in [0.5, 0.6) is 0 Å². The largest absolute Gasteiger partial charge is 0.377 e. The number of aryl methyl sites for hydroxylation is 2. The number of hydrogen-bond donors (Lipinski definition) is 1. The van der Waals surface area contributed by atoms with Crippen LogP contribution in [0.4, 0.5) is 0 Å².